The average Bonchev–Trinajstić information content (AvgIpc) is 2.18. The summed E-state index contributed by atoms with van der Waals surface area (Å²) < 4.78 is 0. The number of nitrogens with one attached hydrogen (secondary N) is 1. The largest absolute Gasteiger partial charge is 0.353 e. The van der Waals surface area contributed by atoms with Crippen LogP contribution in [0.3, 0.4) is 0 Å². The predicted octanol–water partition coefficient (Wildman–Crippen LogP) is 1.95. The van der Waals surface area contributed by atoms with Gasteiger partial charge in [0.1, 0.15) is 0 Å². The Morgan fingerprint density at radius 1 is 1.40 bits per heavy atom. The summed E-state index contributed by atoms with van der Waals surface area (Å²) in [5.74, 6) is 0.211. The van der Waals surface area contributed by atoms with Crippen molar-refractivity contribution < 1.29 is 4.79 Å². The minimum atomic E-state index is 0.211. The van der Waals surface area contributed by atoms with E-state index in [1.165, 1.54) is 32.1 Å². The van der Waals surface area contributed by atoms with E-state index in [2.05, 4.69) is 5.32 Å². The Balaban J connectivity index is 2.06. The van der Waals surface area contributed by atoms with Crippen molar-refractivity contribution in [2.75, 3.05) is 0 Å². The minimum absolute atomic E-state index is 0.211. The molecule has 0 aromatic heterocycles. The summed E-state index contributed by atoms with van der Waals surface area (Å²) in [7, 11) is 0. The van der Waals surface area contributed by atoms with Crippen molar-refractivity contribution in [2.45, 2.75) is 70.4 Å². The summed E-state index contributed by atoms with van der Waals surface area (Å²) in [6.07, 6.45) is 8.69. The highest BCUT2D eigenvalue weighted by molar-refractivity contribution is 5.76. The van der Waals surface area contributed by atoms with Gasteiger partial charge in [0.25, 0.3) is 0 Å². The topological polar surface area (TPSA) is 55.1 Å². The second-order valence-electron chi connectivity index (χ2n) is 4.77. The Morgan fingerprint density at radius 2 is 2.07 bits per heavy atom. The molecule has 0 aliphatic heterocycles. The maximum Gasteiger partial charge on any atom is 0.220 e. The van der Waals surface area contributed by atoms with E-state index in [1.54, 1.807) is 0 Å². The highest BCUT2D eigenvalue weighted by Gasteiger charge is 2.15. The zero-order valence-corrected chi connectivity index (χ0v) is 9.80. The van der Waals surface area contributed by atoms with Gasteiger partial charge in [-0.1, -0.05) is 19.3 Å². The van der Waals surface area contributed by atoms with Crippen molar-refractivity contribution in [3.05, 3.63) is 0 Å². The van der Waals surface area contributed by atoms with E-state index in [4.69, 9.17) is 5.73 Å². The van der Waals surface area contributed by atoms with Crippen molar-refractivity contribution in [1.29, 1.82) is 0 Å². The Labute approximate surface area is 92.8 Å². The van der Waals surface area contributed by atoms with Crippen molar-refractivity contribution in [1.82, 2.24) is 5.32 Å². The first-order valence-electron chi connectivity index (χ1n) is 6.23. The summed E-state index contributed by atoms with van der Waals surface area (Å²) in [5.41, 5.74) is 5.63. The predicted molar refractivity (Wildman–Crippen MR) is 62.5 cm³/mol. The normalized spacial score (nSPS) is 19.9. The Morgan fingerprint density at radius 3 is 2.67 bits per heavy atom. The molecule has 0 aromatic rings. The lowest BCUT2D eigenvalue weighted by Gasteiger charge is -2.22. The third-order valence-corrected chi connectivity index (χ3v) is 3.03. The van der Waals surface area contributed by atoms with Crippen LogP contribution < -0.4 is 11.1 Å². The summed E-state index contributed by atoms with van der Waals surface area (Å²) in [6, 6.07) is 0.661. The van der Waals surface area contributed by atoms with E-state index in [-0.39, 0.29) is 11.9 Å². The van der Waals surface area contributed by atoms with Gasteiger partial charge < -0.3 is 11.1 Å². The molecule has 3 nitrogen and oxygen atoms in total. The molecule has 88 valence electrons. The molecule has 0 radical (unpaired) electrons. The Bertz CT molecular complexity index is 186. The third kappa shape index (κ3) is 5.78. The summed E-state index contributed by atoms with van der Waals surface area (Å²) >= 11 is 0. The van der Waals surface area contributed by atoms with Gasteiger partial charge in [0.2, 0.25) is 5.91 Å². The van der Waals surface area contributed by atoms with E-state index >= 15 is 0 Å². The van der Waals surface area contributed by atoms with Crippen molar-refractivity contribution >= 4 is 5.91 Å². The van der Waals surface area contributed by atoms with Crippen LogP contribution in [-0.4, -0.2) is 18.0 Å². The lowest BCUT2D eigenvalue weighted by molar-refractivity contribution is -0.122. The molecule has 1 aliphatic carbocycles. The van der Waals surface area contributed by atoms with E-state index < -0.39 is 0 Å². The smallest absolute Gasteiger partial charge is 0.220 e. The van der Waals surface area contributed by atoms with Crippen LogP contribution in [0.15, 0.2) is 0 Å². The lowest BCUT2D eigenvalue weighted by Crippen LogP contribution is -2.36. The molecule has 1 unspecified atom stereocenters. The highest BCUT2D eigenvalue weighted by Crippen LogP contribution is 2.17. The van der Waals surface area contributed by atoms with Gasteiger partial charge in [0, 0.05) is 18.5 Å². The maximum atomic E-state index is 11.5. The van der Waals surface area contributed by atoms with Crippen LogP contribution in [0.4, 0.5) is 0 Å². The molecule has 0 bridgehead atoms. The van der Waals surface area contributed by atoms with E-state index in [0.717, 1.165) is 12.8 Å². The molecule has 3 N–H and O–H groups in total. The minimum Gasteiger partial charge on any atom is -0.353 e. The van der Waals surface area contributed by atoms with Crippen LogP contribution in [-0.2, 0) is 4.79 Å². The van der Waals surface area contributed by atoms with E-state index in [9.17, 15) is 4.79 Å². The fourth-order valence-electron chi connectivity index (χ4n) is 2.13. The van der Waals surface area contributed by atoms with Crippen LogP contribution in [0.2, 0.25) is 0 Å². The maximum absolute atomic E-state index is 11.5. The quantitative estimate of drug-likeness (QED) is 0.732. The number of rotatable bonds is 5. The zero-order valence-electron chi connectivity index (χ0n) is 9.80. The van der Waals surface area contributed by atoms with E-state index in [1.807, 2.05) is 6.92 Å². The molecule has 1 saturated carbocycles. The Hall–Kier alpha value is -0.570. The number of nitrogens with two attached hydrogens (primary N) is 1. The van der Waals surface area contributed by atoms with Crippen molar-refractivity contribution in [2.24, 2.45) is 5.73 Å². The molecule has 1 fully saturated rings. The second-order valence-corrected chi connectivity index (χ2v) is 4.77. The monoisotopic (exact) mass is 212 g/mol. The van der Waals surface area contributed by atoms with Crippen LogP contribution in [0.25, 0.3) is 0 Å². The molecule has 1 aliphatic rings. The number of carbonyl (C=O) groups excluding carboxylic acids is 1. The van der Waals surface area contributed by atoms with Gasteiger partial charge in [0.05, 0.1) is 0 Å². The van der Waals surface area contributed by atoms with Crippen LogP contribution in [0, 0.1) is 0 Å². The summed E-state index contributed by atoms with van der Waals surface area (Å²) in [4.78, 5) is 11.5. The first-order valence-corrected chi connectivity index (χ1v) is 6.23. The molecular formula is C12H24N2O. The molecule has 3 heteroatoms. The SMILES string of the molecule is CC(N)CCCC(=O)NC1CCCCC1. The van der Waals surface area contributed by atoms with Gasteiger partial charge in [-0.15, -0.1) is 0 Å². The highest BCUT2D eigenvalue weighted by atomic mass is 16.1. The van der Waals surface area contributed by atoms with Crippen molar-refractivity contribution in [3.63, 3.8) is 0 Å². The van der Waals surface area contributed by atoms with Gasteiger partial charge in [-0.05, 0) is 32.6 Å². The summed E-state index contributed by atoms with van der Waals surface area (Å²) in [6.45, 7) is 1.99. The van der Waals surface area contributed by atoms with Gasteiger partial charge in [-0.3, -0.25) is 4.79 Å². The molecule has 1 atom stereocenters. The van der Waals surface area contributed by atoms with Crippen LogP contribution >= 0.6 is 0 Å². The molecule has 0 aromatic carbocycles. The fourth-order valence-corrected chi connectivity index (χ4v) is 2.13. The van der Waals surface area contributed by atoms with Crippen molar-refractivity contribution in [3.8, 4) is 0 Å². The molecule has 1 rings (SSSR count). The molecule has 0 heterocycles. The second kappa shape index (κ2) is 6.83. The fraction of sp³-hybridized carbons (Fsp3) is 0.917. The number of amides is 1. The zero-order chi connectivity index (χ0) is 11.1. The van der Waals surface area contributed by atoms with Gasteiger partial charge in [-0.25, -0.2) is 0 Å². The number of carbonyl (C=O) groups is 1. The molecule has 0 saturated heterocycles. The lowest BCUT2D eigenvalue weighted by atomic mass is 9.95. The van der Waals surface area contributed by atoms with E-state index in [0.29, 0.717) is 12.5 Å². The summed E-state index contributed by atoms with van der Waals surface area (Å²) in [5, 5.41) is 3.11. The first kappa shape index (κ1) is 12.5. The van der Waals surface area contributed by atoms with Gasteiger partial charge in [0.15, 0.2) is 0 Å². The van der Waals surface area contributed by atoms with Gasteiger partial charge in [-0.2, -0.15) is 0 Å². The first-order chi connectivity index (χ1) is 7.18. The van der Waals surface area contributed by atoms with Gasteiger partial charge >= 0.3 is 0 Å². The van der Waals surface area contributed by atoms with Crippen LogP contribution in [0.1, 0.15) is 58.3 Å². The average molecular weight is 212 g/mol. The molecular weight excluding hydrogens is 188 g/mol. The standard InChI is InChI=1S/C12H24N2O/c1-10(13)6-5-9-12(15)14-11-7-3-2-4-8-11/h10-11H,2-9,13H2,1H3,(H,14,15). The van der Waals surface area contributed by atoms with Crippen LogP contribution in [0.5, 0.6) is 0 Å². The number of hydrogen-bond donors (Lipinski definition) is 2. The number of hydrogen-bond acceptors (Lipinski definition) is 2. The molecule has 1 amide bonds. The third-order valence-electron chi connectivity index (χ3n) is 3.03. The molecule has 15 heavy (non-hydrogen) atoms. The molecule has 0 spiro atoms. The Kier molecular flexibility index (Phi) is 5.69.